The van der Waals surface area contributed by atoms with Crippen molar-refractivity contribution in [1.29, 1.82) is 0 Å². The first-order chi connectivity index (χ1) is 9.04. The molecule has 1 atom stereocenters. The van der Waals surface area contributed by atoms with Crippen LogP contribution in [0.5, 0.6) is 0 Å². The molecule has 0 aliphatic rings. The fraction of sp³-hybridized carbons (Fsp3) is 0.923. The molecule has 0 saturated heterocycles. The third-order valence-corrected chi connectivity index (χ3v) is 5.70. The predicted octanol–water partition coefficient (Wildman–Crippen LogP) is 1.86. The zero-order valence-corrected chi connectivity index (χ0v) is 13.9. The zero-order valence-electron chi connectivity index (χ0n) is 12.7. The topological polar surface area (TPSA) is 59.0 Å². The highest BCUT2D eigenvalue weighted by Crippen LogP contribution is 2.17. The molecule has 0 aliphatic carbocycles. The molecule has 5 nitrogen and oxygen atoms in total. The Kier molecular flexibility index (Phi) is 11.1. The van der Waals surface area contributed by atoms with Gasteiger partial charge in [-0.3, -0.25) is 4.79 Å². The highest BCUT2D eigenvalue weighted by molar-refractivity contribution is 6.46. The molecule has 0 fully saturated rings. The highest BCUT2D eigenvalue weighted by atomic mass is 28.3. The molecule has 1 N–H and O–H groups in total. The van der Waals surface area contributed by atoms with Gasteiger partial charge in [-0.2, -0.15) is 0 Å². The van der Waals surface area contributed by atoms with E-state index in [0.29, 0.717) is 25.3 Å². The molecule has 0 radical (unpaired) electrons. The second-order valence-electron chi connectivity index (χ2n) is 4.62. The number of carbonyl (C=O) groups is 1. The first-order valence-corrected chi connectivity index (χ1v) is 8.83. The number of nitrogens with zero attached hydrogens (tertiary/aromatic N) is 1. The van der Waals surface area contributed by atoms with Crippen LogP contribution in [-0.2, 0) is 13.6 Å². The molecule has 0 amide bonds. The maximum Gasteiger partial charge on any atom is 0.324 e. The minimum Gasteiger partial charge on any atom is -0.481 e. The third kappa shape index (κ3) is 9.15. The second kappa shape index (κ2) is 11.4. The lowest BCUT2D eigenvalue weighted by atomic mass is 10.3. The molecule has 0 heterocycles. The van der Waals surface area contributed by atoms with Crippen molar-refractivity contribution >= 4 is 15.3 Å². The fourth-order valence-corrected chi connectivity index (χ4v) is 3.74. The third-order valence-electron chi connectivity index (χ3n) is 3.12. The van der Waals surface area contributed by atoms with Gasteiger partial charge in [0.1, 0.15) is 0 Å². The first kappa shape index (κ1) is 18.6. The van der Waals surface area contributed by atoms with E-state index < -0.39 is 15.3 Å². The van der Waals surface area contributed by atoms with Gasteiger partial charge in [-0.15, -0.1) is 0 Å². The summed E-state index contributed by atoms with van der Waals surface area (Å²) in [5, 5.41) is 8.70. The minimum atomic E-state index is -1.58. The van der Waals surface area contributed by atoms with E-state index in [4.69, 9.17) is 14.0 Å². The van der Waals surface area contributed by atoms with Crippen molar-refractivity contribution in [2.75, 3.05) is 32.8 Å². The molecule has 1 unspecified atom stereocenters. The molecule has 0 aromatic carbocycles. The van der Waals surface area contributed by atoms with Crippen LogP contribution in [0.4, 0.5) is 0 Å². The number of rotatable bonds is 12. The van der Waals surface area contributed by atoms with Gasteiger partial charge in [0, 0.05) is 19.8 Å². The fourth-order valence-electron chi connectivity index (χ4n) is 1.91. The van der Waals surface area contributed by atoms with Gasteiger partial charge in [0.25, 0.3) is 0 Å². The molecular formula is C13H29NO4Si. The van der Waals surface area contributed by atoms with Gasteiger partial charge in [0.15, 0.2) is 0 Å². The molecule has 0 aliphatic heterocycles. The van der Waals surface area contributed by atoms with Crippen molar-refractivity contribution in [2.24, 2.45) is 0 Å². The largest absolute Gasteiger partial charge is 0.481 e. The Balaban J connectivity index is 4.06. The van der Waals surface area contributed by atoms with Gasteiger partial charge in [0.05, 0.1) is 6.42 Å². The summed E-state index contributed by atoms with van der Waals surface area (Å²) in [5.74, 6) is -0.734. The van der Waals surface area contributed by atoms with Crippen LogP contribution in [0.2, 0.25) is 5.54 Å². The van der Waals surface area contributed by atoms with Crippen molar-refractivity contribution in [3.8, 4) is 0 Å². The van der Waals surface area contributed by atoms with Crippen LogP contribution in [0.25, 0.3) is 0 Å². The number of carboxylic acid groups (broad SMARTS) is 1. The summed E-state index contributed by atoms with van der Waals surface area (Å²) < 4.78 is 11.4. The van der Waals surface area contributed by atoms with Crippen LogP contribution in [0.1, 0.15) is 40.5 Å². The summed E-state index contributed by atoms with van der Waals surface area (Å²) in [6.45, 7) is 12.1. The molecule has 0 saturated carbocycles. The number of hydrogen-bond donors (Lipinski definition) is 1. The Morgan fingerprint density at radius 3 is 2.21 bits per heavy atom. The Morgan fingerprint density at radius 1 is 1.21 bits per heavy atom. The van der Waals surface area contributed by atoms with Gasteiger partial charge < -0.3 is 18.9 Å². The van der Waals surface area contributed by atoms with Crippen molar-refractivity contribution < 1.29 is 18.8 Å². The minimum absolute atomic E-state index is 0.208. The van der Waals surface area contributed by atoms with Crippen molar-refractivity contribution in [1.82, 2.24) is 4.90 Å². The van der Waals surface area contributed by atoms with Gasteiger partial charge in [-0.25, -0.2) is 0 Å². The van der Waals surface area contributed by atoms with Crippen LogP contribution in [0.15, 0.2) is 0 Å². The van der Waals surface area contributed by atoms with Crippen LogP contribution >= 0.6 is 0 Å². The van der Waals surface area contributed by atoms with E-state index in [1.54, 1.807) is 0 Å². The quantitative estimate of drug-likeness (QED) is 0.556. The summed E-state index contributed by atoms with van der Waals surface area (Å²) in [4.78, 5) is 12.8. The molecule has 0 rings (SSSR count). The summed E-state index contributed by atoms with van der Waals surface area (Å²) in [7, 11) is -1.58. The van der Waals surface area contributed by atoms with E-state index in [0.717, 1.165) is 19.5 Å². The van der Waals surface area contributed by atoms with Crippen LogP contribution < -0.4 is 0 Å². The molecule has 0 spiro atoms. The van der Waals surface area contributed by atoms with E-state index in [1.807, 2.05) is 13.8 Å². The summed E-state index contributed by atoms with van der Waals surface area (Å²) >= 11 is 0. The molecule has 0 bridgehead atoms. The smallest absolute Gasteiger partial charge is 0.324 e. The average molecular weight is 291 g/mol. The van der Waals surface area contributed by atoms with E-state index >= 15 is 0 Å². The van der Waals surface area contributed by atoms with Crippen molar-refractivity contribution in [3.05, 3.63) is 0 Å². The molecule has 19 heavy (non-hydrogen) atoms. The molecule has 0 aromatic rings. The highest BCUT2D eigenvalue weighted by Gasteiger charge is 2.22. The van der Waals surface area contributed by atoms with Gasteiger partial charge in [0.2, 0.25) is 0 Å². The maximum atomic E-state index is 10.6. The SMILES string of the molecule is CCO[SiH](OCC)C(C)CCN(CC)CCC(=O)O. The molecule has 6 heteroatoms. The van der Waals surface area contributed by atoms with Crippen LogP contribution in [0, 0.1) is 0 Å². The van der Waals surface area contributed by atoms with E-state index in [9.17, 15) is 4.79 Å². The Morgan fingerprint density at radius 2 is 1.79 bits per heavy atom. The second-order valence-corrected chi connectivity index (χ2v) is 7.16. The van der Waals surface area contributed by atoms with Crippen LogP contribution in [-0.4, -0.2) is 58.1 Å². The normalized spacial score (nSPS) is 13.2. The van der Waals surface area contributed by atoms with Gasteiger partial charge >= 0.3 is 15.3 Å². The van der Waals surface area contributed by atoms with Gasteiger partial charge in [-0.1, -0.05) is 13.8 Å². The van der Waals surface area contributed by atoms with E-state index in [1.165, 1.54) is 0 Å². The van der Waals surface area contributed by atoms with E-state index in [2.05, 4.69) is 18.7 Å². The lowest BCUT2D eigenvalue weighted by Gasteiger charge is -2.25. The molecule has 0 aromatic heterocycles. The van der Waals surface area contributed by atoms with E-state index in [-0.39, 0.29) is 6.42 Å². The van der Waals surface area contributed by atoms with Crippen LogP contribution in [0.3, 0.4) is 0 Å². The average Bonchev–Trinajstić information content (AvgIpc) is 2.38. The maximum absolute atomic E-state index is 10.6. The molecule has 114 valence electrons. The van der Waals surface area contributed by atoms with Crippen molar-refractivity contribution in [2.45, 2.75) is 46.1 Å². The lowest BCUT2D eigenvalue weighted by molar-refractivity contribution is -0.137. The zero-order chi connectivity index (χ0) is 14.7. The summed E-state index contributed by atoms with van der Waals surface area (Å²) in [5.41, 5.74) is 0.443. The van der Waals surface area contributed by atoms with Crippen molar-refractivity contribution in [3.63, 3.8) is 0 Å². The standard InChI is InChI=1S/C13H29NO4Si/c1-5-14(11-9-13(15)16)10-8-12(4)19(17-6-2)18-7-3/h12,19H,5-11H2,1-4H3,(H,15,16). The number of aliphatic carboxylic acids is 1. The monoisotopic (exact) mass is 291 g/mol. The lowest BCUT2D eigenvalue weighted by Crippen LogP contribution is -2.32. The predicted molar refractivity (Wildman–Crippen MR) is 78.8 cm³/mol. The Hall–Kier alpha value is -0.433. The Bertz CT molecular complexity index is 235. The number of hydrogen-bond acceptors (Lipinski definition) is 4. The first-order valence-electron chi connectivity index (χ1n) is 7.22. The Labute approximate surface area is 118 Å². The molecular weight excluding hydrogens is 262 g/mol. The summed E-state index contributed by atoms with van der Waals surface area (Å²) in [6, 6.07) is 0. The van der Waals surface area contributed by atoms with Gasteiger partial charge in [-0.05, 0) is 38.9 Å². The summed E-state index contributed by atoms with van der Waals surface area (Å²) in [6.07, 6.45) is 1.21. The number of carboxylic acids is 1.